The van der Waals surface area contributed by atoms with E-state index >= 15 is 0 Å². The maximum Gasteiger partial charge on any atom is 0.411 e. The zero-order chi connectivity index (χ0) is 23.2. The first-order valence-corrected chi connectivity index (χ1v) is 11.8. The molecule has 0 saturated carbocycles. The quantitative estimate of drug-likeness (QED) is 0.439. The Hall–Kier alpha value is -3.57. The summed E-state index contributed by atoms with van der Waals surface area (Å²) in [5.74, 6) is 0.868. The molecule has 2 bridgehead atoms. The molecule has 34 heavy (non-hydrogen) atoms. The number of morpholine rings is 1. The molecule has 3 aromatic rings. The lowest BCUT2D eigenvalue weighted by molar-refractivity contribution is -0.0374. The molecule has 2 atom stereocenters. The Balaban J connectivity index is 1.21. The predicted octanol–water partition coefficient (Wildman–Crippen LogP) is 5.54. The van der Waals surface area contributed by atoms with Crippen LogP contribution < -0.4 is 4.74 Å². The molecule has 0 aliphatic carbocycles. The zero-order valence-corrected chi connectivity index (χ0v) is 19.1. The van der Waals surface area contributed by atoms with Crippen LogP contribution in [-0.4, -0.2) is 36.3 Å². The van der Waals surface area contributed by atoms with Crippen molar-refractivity contribution in [2.45, 2.75) is 38.1 Å². The molecular formula is C29H29NO4. The molecule has 1 amide bonds. The monoisotopic (exact) mass is 455 g/mol. The second kappa shape index (κ2) is 10.6. The van der Waals surface area contributed by atoms with Gasteiger partial charge in [-0.3, -0.25) is 4.90 Å². The Morgan fingerprint density at radius 2 is 1.56 bits per heavy atom. The van der Waals surface area contributed by atoms with E-state index in [1.54, 1.807) is 0 Å². The molecule has 1 saturated heterocycles. The van der Waals surface area contributed by atoms with Crippen LogP contribution >= 0.6 is 0 Å². The third-order valence-electron chi connectivity index (χ3n) is 6.27. The summed E-state index contributed by atoms with van der Waals surface area (Å²) in [7, 11) is 0. The standard InChI is InChI=1S/C29H29NO4/c31-29(34-19-23-10-5-2-6-11-23)30-26-15-25(16-27(30)21-32-20-26)14-24-12-7-13-28(17-24)33-18-22-8-3-1-4-9-22/h1-13,15,17,26-27H,14,16,18-21H2. The molecule has 1 fully saturated rings. The van der Waals surface area contributed by atoms with E-state index < -0.39 is 0 Å². The minimum atomic E-state index is -0.270. The van der Waals surface area contributed by atoms with Crippen LogP contribution in [0.3, 0.4) is 0 Å². The number of benzene rings is 3. The van der Waals surface area contributed by atoms with E-state index in [0.717, 1.165) is 29.7 Å². The number of rotatable bonds is 7. The summed E-state index contributed by atoms with van der Waals surface area (Å²) < 4.78 is 17.4. The van der Waals surface area contributed by atoms with Gasteiger partial charge in [0.1, 0.15) is 19.0 Å². The largest absolute Gasteiger partial charge is 0.489 e. The minimum Gasteiger partial charge on any atom is -0.489 e. The van der Waals surface area contributed by atoms with Crippen molar-refractivity contribution in [1.82, 2.24) is 4.90 Å². The first-order chi connectivity index (χ1) is 16.7. The molecule has 0 aromatic heterocycles. The van der Waals surface area contributed by atoms with Gasteiger partial charge in [0.15, 0.2) is 0 Å². The fraction of sp³-hybridized carbons (Fsp3) is 0.276. The summed E-state index contributed by atoms with van der Waals surface area (Å²) in [6.45, 7) is 1.87. The summed E-state index contributed by atoms with van der Waals surface area (Å²) in [4.78, 5) is 14.7. The van der Waals surface area contributed by atoms with Crippen LogP contribution in [0.15, 0.2) is 96.6 Å². The number of fused-ring (bicyclic) bond motifs is 2. The molecule has 0 radical (unpaired) electrons. The molecule has 2 unspecified atom stereocenters. The molecule has 2 heterocycles. The van der Waals surface area contributed by atoms with Gasteiger partial charge in [0.25, 0.3) is 0 Å². The highest BCUT2D eigenvalue weighted by molar-refractivity contribution is 5.69. The van der Waals surface area contributed by atoms with Crippen molar-refractivity contribution in [1.29, 1.82) is 0 Å². The van der Waals surface area contributed by atoms with Crippen molar-refractivity contribution in [3.8, 4) is 5.75 Å². The lowest BCUT2D eigenvalue weighted by Crippen LogP contribution is -2.56. The van der Waals surface area contributed by atoms with Crippen molar-refractivity contribution >= 4 is 6.09 Å². The Bertz CT molecular complexity index is 1130. The topological polar surface area (TPSA) is 48.0 Å². The number of amides is 1. The van der Waals surface area contributed by atoms with Gasteiger partial charge < -0.3 is 14.2 Å². The second-order valence-corrected chi connectivity index (χ2v) is 8.83. The normalized spacial score (nSPS) is 19.3. The fourth-order valence-corrected chi connectivity index (χ4v) is 4.64. The van der Waals surface area contributed by atoms with Gasteiger partial charge in [-0.2, -0.15) is 0 Å². The van der Waals surface area contributed by atoms with Gasteiger partial charge in [0.2, 0.25) is 0 Å². The Morgan fingerprint density at radius 1 is 0.853 bits per heavy atom. The first-order valence-electron chi connectivity index (χ1n) is 11.8. The summed E-state index contributed by atoms with van der Waals surface area (Å²) in [6, 6.07) is 28.1. The fourth-order valence-electron chi connectivity index (χ4n) is 4.64. The lowest BCUT2D eigenvalue weighted by atomic mass is 9.90. The van der Waals surface area contributed by atoms with E-state index in [-0.39, 0.29) is 24.8 Å². The van der Waals surface area contributed by atoms with Gasteiger partial charge in [-0.25, -0.2) is 4.79 Å². The Kier molecular flexibility index (Phi) is 6.91. The van der Waals surface area contributed by atoms with Gasteiger partial charge in [-0.05, 0) is 41.7 Å². The lowest BCUT2D eigenvalue weighted by Gasteiger charge is -2.43. The van der Waals surface area contributed by atoms with Gasteiger partial charge in [0.05, 0.1) is 25.3 Å². The third kappa shape index (κ3) is 5.49. The van der Waals surface area contributed by atoms with Crippen molar-refractivity contribution in [2.24, 2.45) is 0 Å². The number of ether oxygens (including phenoxy) is 3. The number of carbonyl (C=O) groups is 1. The van der Waals surface area contributed by atoms with Crippen LogP contribution in [0, 0.1) is 0 Å². The summed E-state index contributed by atoms with van der Waals surface area (Å²) >= 11 is 0. The summed E-state index contributed by atoms with van der Waals surface area (Å²) in [5.41, 5.74) is 4.66. The predicted molar refractivity (Wildman–Crippen MR) is 130 cm³/mol. The maximum absolute atomic E-state index is 12.9. The highest BCUT2D eigenvalue weighted by Gasteiger charge is 2.38. The van der Waals surface area contributed by atoms with Crippen LogP contribution in [0.1, 0.15) is 23.1 Å². The van der Waals surface area contributed by atoms with Crippen molar-refractivity contribution in [2.75, 3.05) is 13.2 Å². The van der Waals surface area contributed by atoms with E-state index in [0.29, 0.717) is 19.8 Å². The smallest absolute Gasteiger partial charge is 0.411 e. The molecular weight excluding hydrogens is 426 g/mol. The van der Waals surface area contributed by atoms with Gasteiger partial charge in [-0.15, -0.1) is 0 Å². The average Bonchev–Trinajstić information content (AvgIpc) is 2.87. The number of hydrogen-bond donors (Lipinski definition) is 0. The van der Waals surface area contributed by atoms with E-state index in [1.165, 1.54) is 11.1 Å². The molecule has 5 heteroatoms. The molecule has 5 nitrogen and oxygen atoms in total. The van der Waals surface area contributed by atoms with E-state index in [9.17, 15) is 4.79 Å². The molecule has 174 valence electrons. The Labute approximate surface area is 200 Å². The number of carbonyl (C=O) groups excluding carboxylic acids is 1. The molecule has 2 aliphatic rings. The molecule has 0 N–H and O–H groups in total. The van der Waals surface area contributed by atoms with Gasteiger partial charge >= 0.3 is 6.09 Å². The van der Waals surface area contributed by atoms with E-state index in [4.69, 9.17) is 14.2 Å². The molecule has 3 aromatic carbocycles. The minimum absolute atomic E-state index is 0.000429. The van der Waals surface area contributed by atoms with E-state index in [2.05, 4.69) is 30.3 Å². The summed E-state index contributed by atoms with van der Waals surface area (Å²) in [5, 5.41) is 0. The average molecular weight is 456 g/mol. The van der Waals surface area contributed by atoms with Crippen molar-refractivity contribution in [3.05, 3.63) is 113 Å². The van der Waals surface area contributed by atoms with Crippen molar-refractivity contribution in [3.63, 3.8) is 0 Å². The molecule has 2 aliphatic heterocycles. The number of nitrogens with zero attached hydrogens (tertiary/aromatic N) is 1. The molecule has 0 spiro atoms. The highest BCUT2D eigenvalue weighted by Crippen LogP contribution is 2.30. The number of hydrogen-bond acceptors (Lipinski definition) is 4. The SMILES string of the molecule is O=C(OCc1ccccc1)N1C2C=C(Cc3cccc(OCc4ccccc4)c3)CC1COC2. The summed E-state index contributed by atoms with van der Waals surface area (Å²) in [6.07, 6.45) is 3.53. The van der Waals surface area contributed by atoms with Crippen LogP contribution in [0.2, 0.25) is 0 Å². The first kappa shape index (κ1) is 22.2. The van der Waals surface area contributed by atoms with E-state index in [1.807, 2.05) is 65.6 Å². The van der Waals surface area contributed by atoms with Gasteiger partial charge in [-0.1, -0.05) is 84.4 Å². The second-order valence-electron chi connectivity index (χ2n) is 8.83. The highest BCUT2D eigenvalue weighted by atomic mass is 16.6. The zero-order valence-electron chi connectivity index (χ0n) is 19.1. The van der Waals surface area contributed by atoms with Crippen LogP contribution in [-0.2, 0) is 29.1 Å². The maximum atomic E-state index is 12.9. The third-order valence-corrected chi connectivity index (χ3v) is 6.27. The molecule has 5 rings (SSSR count). The van der Waals surface area contributed by atoms with Gasteiger partial charge in [0, 0.05) is 0 Å². The Morgan fingerprint density at radius 3 is 2.29 bits per heavy atom. The van der Waals surface area contributed by atoms with Crippen LogP contribution in [0.5, 0.6) is 5.75 Å². The van der Waals surface area contributed by atoms with Crippen molar-refractivity contribution < 1.29 is 19.0 Å². The van der Waals surface area contributed by atoms with Crippen LogP contribution in [0.4, 0.5) is 4.79 Å². The van der Waals surface area contributed by atoms with Crippen LogP contribution in [0.25, 0.3) is 0 Å².